The van der Waals surface area contributed by atoms with Gasteiger partial charge in [0.1, 0.15) is 22.9 Å². The van der Waals surface area contributed by atoms with Crippen molar-refractivity contribution in [2.24, 2.45) is 0 Å². The fourth-order valence-corrected chi connectivity index (χ4v) is 3.11. The Labute approximate surface area is 171 Å². The Morgan fingerprint density at radius 2 is 1.76 bits per heavy atom. The Kier molecular flexibility index (Phi) is 4.82. The van der Waals surface area contributed by atoms with Gasteiger partial charge < -0.3 is 5.32 Å². The summed E-state index contributed by atoms with van der Waals surface area (Å²) >= 11 is 0. The highest BCUT2D eigenvalue weighted by atomic mass is 15.2. The Hall–Kier alpha value is -3.58. The first-order chi connectivity index (χ1) is 13.9. The van der Waals surface area contributed by atoms with Crippen LogP contribution in [0.5, 0.6) is 0 Å². The van der Waals surface area contributed by atoms with E-state index in [1.807, 2.05) is 30.3 Å². The molecule has 1 N–H and O–H groups in total. The standard InChI is InChI=1S/C25H24N4/c1-18-14-16-29-22(17-18)27-23(24(29)28-25(2,3)4)20-11-8-19(9-12-20)10-13-21-7-5-6-15-26-21/h5-9,11-12,14-17,28H,1-4H3. The summed E-state index contributed by atoms with van der Waals surface area (Å²) in [6, 6.07) is 18.1. The van der Waals surface area contributed by atoms with E-state index in [0.29, 0.717) is 0 Å². The molecule has 4 nitrogen and oxygen atoms in total. The maximum absolute atomic E-state index is 4.91. The molecule has 4 rings (SSSR count). The molecule has 0 saturated heterocycles. The van der Waals surface area contributed by atoms with Crippen molar-refractivity contribution < 1.29 is 0 Å². The van der Waals surface area contributed by atoms with E-state index in [1.54, 1.807) is 6.20 Å². The summed E-state index contributed by atoms with van der Waals surface area (Å²) in [6.45, 7) is 8.54. The van der Waals surface area contributed by atoms with E-state index in [0.717, 1.165) is 34.0 Å². The summed E-state index contributed by atoms with van der Waals surface area (Å²) < 4.78 is 2.11. The lowest BCUT2D eigenvalue weighted by Gasteiger charge is -2.22. The number of anilines is 1. The second kappa shape index (κ2) is 7.44. The zero-order valence-electron chi connectivity index (χ0n) is 17.2. The van der Waals surface area contributed by atoms with Crippen molar-refractivity contribution in [1.82, 2.24) is 14.4 Å². The van der Waals surface area contributed by atoms with Crippen LogP contribution in [-0.2, 0) is 0 Å². The number of nitrogens with one attached hydrogen (secondary N) is 1. The van der Waals surface area contributed by atoms with Gasteiger partial charge in [-0.3, -0.25) is 4.40 Å². The smallest absolute Gasteiger partial charge is 0.139 e. The first kappa shape index (κ1) is 18.8. The number of fused-ring (bicyclic) bond motifs is 1. The molecule has 0 atom stereocenters. The highest BCUT2D eigenvalue weighted by Crippen LogP contribution is 2.31. The molecule has 0 bridgehead atoms. The van der Waals surface area contributed by atoms with Crippen LogP contribution in [0.15, 0.2) is 67.0 Å². The molecule has 0 spiro atoms. The number of benzene rings is 1. The minimum atomic E-state index is -0.0797. The van der Waals surface area contributed by atoms with Crippen LogP contribution in [0.1, 0.15) is 37.6 Å². The van der Waals surface area contributed by atoms with E-state index in [9.17, 15) is 0 Å². The molecular weight excluding hydrogens is 356 g/mol. The van der Waals surface area contributed by atoms with Crippen molar-refractivity contribution in [3.63, 3.8) is 0 Å². The molecule has 0 aliphatic heterocycles. The fraction of sp³-hybridized carbons (Fsp3) is 0.200. The van der Waals surface area contributed by atoms with Gasteiger partial charge in [-0.15, -0.1) is 0 Å². The molecule has 4 heteroatoms. The fourth-order valence-electron chi connectivity index (χ4n) is 3.11. The second-order valence-corrected chi connectivity index (χ2v) is 8.16. The van der Waals surface area contributed by atoms with Crippen molar-refractivity contribution in [3.8, 4) is 23.1 Å². The molecule has 0 fully saturated rings. The number of hydrogen-bond acceptors (Lipinski definition) is 3. The molecule has 0 amide bonds. The van der Waals surface area contributed by atoms with Crippen LogP contribution in [-0.4, -0.2) is 19.9 Å². The average Bonchev–Trinajstić information content (AvgIpc) is 3.03. The van der Waals surface area contributed by atoms with Crippen LogP contribution >= 0.6 is 0 Å². The largest absolute Gasteiger partial charge is 0.365 e. The van der Waals surface area contributed by atoms with Crippen molar-refractivity contribution in [3.05, 3.63) is 83.8 Å². The van der Waals surface area contributed by atoms with E-state index in [1.165, 1.54) is 5.56 Å². The third-order valence-corrected chi connectivity index (χ3v) is 4.43. The van der Waals surface area contributed by atoms with Gasteiger partial charge in [-0.1, -0.05) is 24.1 Å². The molecule has 0 aliphatic carbocycles. The number of pyridine rings is 2. The SMILES string of the molecule is Cc1ccn2c(NC(C)(C)C)c(-c3ccc(C#Cc4ccccn4)cc3)nc2c1. The second-order valence-electron chi connectivity index (χ2n) is 8.16. The van der Waals surface area contributed by atoms with Crippen LogP contribution in [0, 0.1) is 18.8 Å². The highest BCUT2D eigenvalue weighted by Gasteiger charge is 2.19. The van der Waals surface area contributed by atoms with E-state index < -0.39 is 0 Å². The van der Waals surface area contributed by atoms with Gasteiger partial charge >= 0.3 is 0 Å². The van der Waals surface area contributed by atoms with Crippen LogP contribution in [0.4, 0.5) is 5.82 Å². The molecule has 3 heterocycles. The van der Waals surface area contributed by atoms with Crippen molar-refractivity contribution in [2.45, 2.75) is 33.2 Å². The zero-order valence-corrected chi connectivity index (χ0v) is 17.2. The molecule has 1 aromatic carbocycles. The Morgan fingerprint density at radius 3 is 2.45 bits per heavy atom. The molecule has 144 valence electrons. The van der Waals surface area contributed by atoms with Crippen molar-refractivity contribution >= 4 is 11.5 Å². The quantitative estimate of drug-likeness (QED) is 0.479. The van der Waals surface area contributed by atoms with Gasteiger partial charge in [0.25, 0.3) is 0 Å². The minimum Gasteiger partial charge on any atom is -0.365 e. The topological polar surface area (TPSA) is 42.2 Å². The van der Waals surface area contributed by atoms with Crippen LogP contribution < -0.4 is 5.32 Å². The van der Waals surface area contributed by atoms with E-state index in [-0.39, 0.29) is 5.54 Å². The van der Waals surface area contributed by atoms with Crippen LogP contribution in [0.2, 0.25) is 0 Å². The number of nitrogens with zero attached hydrogens (tertiary/aromatic N) is 3. The highest BCUT2D eigenvalue weighted by molar-refractivity contribution is 5.77. The normalized spacial score (nSPS) is 11.2. The number of hydrogen-bond donors (Lipinski definition) is 1. The molecule has 0 aliphatic rings. The summed E-state index contributed by atoms with van der Waals surface area (Å²) in [6.07, 6.45) is 3.82. The van der Waals surface area contributed by atoms with Gasteiger partial charge in [0.05, 0.1) is 0 Å². The van der Waals surface area contributed by atoms with E-state index >= 15 is 0 Å². The molecule has 0 unspecified atom stereocenters. The third kappa shape index (κ3) is 4.30. The average molecular weight is 380 g/mol. The van der Waals surface area contributed by atoms with Gasteiger partial charge in [-0.25, -0.2) is 9.97 Å². The maximum atomic E-state index is 4.91. The van der Waals surface area contributed by atoms with E-state index in [4.69, 9.17) is 4.98 Å². The molecule has 3 aromatic heterocycles. The first-order valence-electron chi connectivity index (χ1n) is 9.69. The summed E-state index contributed by atoms with van der Waals surface area (Å²) in [5, 5.41) is 3.62. The van der Waals surface area contributed by atoms with Crippen LogP contribution in [0.25, 0.3) is 16.9 Å². The molecule has 0 saturated carbocycles. The lowest BCUT2D eigenvalue weighted by atomic mass is 10.1. The zero-order chi connectivity index (χ0) is 20.4. The van der Waals surface area contributed by atoms with Crippen LogP contribution in [0.3, 0.4) is 0 Å². The van der Waals surface area contributed by atoms with Gasteiger partial charge in [-0.2, -0.15) is 0 Å². The monoisotopic (exact) mass is 380 g/mol. The van der Waals surface area contributed by atoms with Gasteiger partial charge in [-0.05, 0) is 75.6 Å². The summed E-state index contributed by atoms with van der Waals surface area (Å²) in [4.78, 5) is 9.15. The van der Waals surface area contributed by atoms with Gasteiger partial charge in [0.2, 0.25) is 0 Å². The minimum absolute atomic E-state index is 0.0797. The number of imidazole rings is 1. The third-order valence-electron chi connectivity index (χ3n) is 4.43. The molecule has 0 radical (unpaired) electrons. The number of aryl methyl sites for hydroxylation is 1. The lowest BCUT2D eigenvalue weighted by Crippen LogP contribution is -2.27. The van der Waals surface area contributed by atoms with Crippen molar-refractivity contribution in [2.75, 3.05) is 5.32 Å². The molecule has 4 aromatic rings. The first-order valence-corrected chi connectivity index (χ1v) is 9.69. The predicted octanol–water partition coefficient (Wildman–Crippen LogP) is 5.31. The summed E-state index contributed by atoms with van der Waals surface area (Å²) in [5.74, 6) is 7.27. The molecule has 29 heavy (non-hydrogen) atoms. The van der Waals surface area contributed by atoms with Crippen molar-refractivity contribution in [1.29, 1.82) is 0 Å². The Morgan fingerprint density at radius 1 is 0.966 bits per heavy atom. The molecular formula is C25H24N4. The summed E-state index contributed by atoms with van der Waals surface area (Å²) in [7, 11) is 0. The van der Waals surface area contributed by atoms with Gasteiger partial charge in [0.15, 0.2) is 0 Å². The predicted molar refractivity (Wildman–Crippen MR) is 119 cm³/mol. The summed E-state index contributed by atoms with van der Waals surface area (Å²) in [5.41, 5.74) is 5.76. The van der Waals surface area contributed by atoms with E-state index in [2.05, 4.69) is 84.7 Å². The Bertz CT molecular complexity index is 1200. The number of rotatable bonds is 2. The maximum Gasteiger partial charge on any atom is 0.139 e. The Balaban J connectivity index is 1.72. The van der Waals surface area contributed by atoms with Gasteiger partial charge in [0, 0.05) is 29.1 Å². The number of aromatic nitrogens is 3. The lowest BCUT2D eigenvalue weighted by molar-refractivity contribution is 0.629.